The maximum Gasteiger partial charge on any atom is 0.329 e. The van der Waals surface area contributed by atoms with E-state index in [-0.39, 0.29) is 10.7 Å². The van der Waals surface area contributed by atoms with E-state index in [1.165, 1.54) is 24.0 Å². The van der Waals surface area contributed by atoms with E-state index in [1.807, 2.05) is 0 Å². The molecule has 1 aromatic carbocycles. The number of benzene rings is 1. The number of halogens is 2. The maximum absolute atomic E-state index is 13.2. The minimum absolute atomic E-state index is 0.125. The average molecular weight is 315 g/mol. The molecule has 0 radical (unpaired) electrons. The zero-order valence-electron chi connectivity index (χ0n) is 11.5. The molecule has 1 aromatic rings. The lowest BCUT2D eigenvalue weighted by Gasteiger charge is -2.41. The second-order valence-electron chi connectivity index (χ2n) is 5.24. The predicted octanol–water partition coefficient (Wildman–Crippen LogP) is 3.34. The third-order valence-electron chi connectivity index (χ3n) is 3.77. The van der Waals surface area contributed by atoms with Gasteiger partial charge in [0.05, 0.1) is 10.7 Å². The molecular weight excluding hydrogens is 299 g/mol. The number of carbonyl (C=O) groups excluding carboxylic acids is 1. The van der Waals surface area contributed by atoms with E-state index in [0.29, 0.717) is 13.0 Å². The number of carbonyl (C=O) groups is 2. The molecule has 7 heteroatoms. The minimum Gasteiger partial charge on any atom is -0.480 e. The van der Waals surface area contributed by atoms with Crippen LogP contribution >= 0.6 is 11.6 Å². The first-order chi connectivity index (χ1) is 9.84. The number of carboxylic acids is 1. The highest BCUT2D eigenvalue weighted by Crippen LogP contribution is 2.30. The molecule has 1 fully saturated rings. The number of urea groups is 1. The van der Waals surface area contributed by atoms with Crippen molar-refractivity contribution in [3.05, 3.63) is 29.0 Å². The molecule has 1 aliphatic rings. The van der Waals surface area contributed by atoms with Gasteiger partial charge in [-0.2, -0.15) is 0 Å². The number of piperidine rings is 1. The summed E-state index contributed by atoms with van der Waals surface area (Å²) in [5, 5.41) is 12.0. The Morgan fingerprint density at radius 3 is 2.81 bits per heavy atom. The lowest BCUT2D eigenvalue weighted by molar-refractivity contribution is -0.150. The first kappa shape index (κ1) is 15.6. The fourth-order valence-electron chi connectivity index (χ4n) is 2.44. The Morgan fingerprint density at radius 1 is 1.43 bits per heavy atom. The molecule has 0 aliphatic carbocycles. The monoisotopic (exact) mass is 314 g/mol. The summed E-state index contributed by atoms with van der Waals surface area (Å²) < 4.78 is 13.2. The van der Waals surface area contributed by atoms with Gasteiger partial charge in [0.15, 0.2) is 0 Å². The Kier molecular flexibility index (Phi) is 4.37. The molecule has 5 nitrogen and oxygen atoms in total. The Balaban J connectivity index is 2.22. The van der Waals surface area contributed by atoms with Crippen molar-refractivity contribution in [1.29, 1.82) is 0 Å². The van der Waals surface area contributed by atoms with Gasteiger partial charge in [-0.3, -0.25) is 0 Å². The SMILES string of the molecule is CC1(C(=O)O)CCCCN1C(=O)Nc1cc(F)ccc1Cl. The number of hydrogen-bond donors (Lipinski definition) is 2. The third kappa shape index (κ3) is 3.10. The molecule has 1 aliphatic heterocycles. The number of aliphatic carboxylic acids is 1. The van der Waals surface area contributed by atoms with E-state index in [2.05, 4.69) is 5.32 Å². The van der Waals surface area contributed by atoms with E-state index < -0.39 is 23.4 Å². The number of amides is 2. The van der Waals surface area contributed by atoms with E-state index in [4.69, 9.17) is 11.6 Å². The molecular formula is C14H16ClFN2O3. The van der Waals surface area contributed by atoms with Crippen LogP contribution in [0.1, 0.15) is 26.2 Å². The summed E-state index contributed by atoms with van der Waals surface area (Å²) >= 11 is 5.90. The molecule has 1 unspecified atom stereocenters. The molecule has 1 saturated heterocycles. The van der Waals surface area contributed by atoms with Gasteiger partial charge in [0.1, 0.15) is 11.4 Å². The molecule has 0 saturated carbocycles. The summed E-state index contributed by atoms with van der Waals surface area (Å²) in [6.07, 6.45) is 1.85. The molecule has 2 rings (SSSR count). The van der Waals surface area contributed by atoms with Gasteiger partial charge in [-0.05, 0) is 44.4 Å². The van der Waals surface area contributed by atoms with Crippen molar-refractivity contribution >= 4 is 29.3 Å². The summed E-state index contributed by atoms with van der Waals surface area (Å²) in [6.45, 7) is 1.85. The molecule has 0 spiro atoms. The van der Waals surface area contributed by atoms with Crippen LogP contribution in [-0.4, -0.2) is 34.1 Å². The number of likely N-dealkylation sites (tertiary alicyclic amines) is 1. The third-order valence-corrected chi connectivity index (χ3v) is 4.10. The highest BCUT2D eigenvalue weighted by Gasteiger charge is 2.44. The lowest BCUT2D eigenvalue weighted by atomic mass is 9.89. The molecule has 2 amide bonds. The van der Waals surface area contributed by atoms with Crippen molar-refractivity contribution in [2.75, 3.05) is 11.9 Å². The number of carboxylic acid groups (broad SMARTS) is 1. The van der Waals surface area contributed by atoms with Crippen LogP contribution in [0.25, 0.3) is 0 Å². The minimum atomic E-state index is -1.26. The summed E-state index contributed by atoms with van der Waals surface area (Å²) in [5.74, 6) is -1.59. The van der Waals surface area contributed by atoms with Crippen LogP contribution < -0.4 is 5.32 Å². The lowest BCUT2D eigenvalue weighted by Crippen LogP contribution is -2.58. The van der Waals surface area contributed by atoms with Crippen LogP contribution in [0.3, 0.4) is 0 Å². The highest BCUT2D eigenvalue weighted by atomic mass is 35.5. The highest BCUT2D eigenvalue weighted by molar-refractivity contribution is 6.33. The zero-order chi connectivity index (χ0) is 15.6. The van der Waals surface area contributed by atoms with Crippen LogP contribution in [-0.2, 0) is 4.79 Å². The van der Waals surface area contributed by atoms with Gasteiger partial charge >= 0.3 is 12.0 Å². The molecule has 0 aromatic heterocycles. The molecule has 2 N–H and O–H groups in total. The summed E-state index contributed by atoms with van der Waals surface area (Å²) in [4.78, 5) is 25.0. The quantitative estimate of drug-likeness (QED) is 0.879. The van der Waals surface area contributed by atoms with Crippen LogP contribution in [0.15, 0.2) is 18.2 Å². The van der Waals surface area contributed by atoms with Crippen LogP contribution in [0.5, 0.6) is 0 Å². The fourth-order valence-corrected chi connectivity index (χ4v) is 2.61. The van der Waals surface area contributed by atoms with Gasteiger partial charge in [-0.25, -0.2) is 14.0 Å². The zero-order valence-corrected chi connectivity index (χ0v) is 12.3. The molecule has 0 bridgehead atoms. The summed E-state index contributed by atoms with van der Waals surface area (Å²) in [6, 6.07) is 3.02. The standard InChI is InChI=1S/C14H16ClFN2O3/c1-14(12(19)20)6-2-3-7-18(14)13(21)17-11-8-9(16)4-5-10(11)15/h4-5,8H,2-3,6-7H2,1H3,(H,17,21)(H,19,20). The Labute approximate surface area is 126 Å². The maximum atomic E-state index is 13.2. The second kappa shape index (κ2) is 5.89. The number of nitrogens with one attached hydrogen (secondary N) is 1. The van der Waals surface area contributed by atoms with Gasteiger partial charge in [-0.1, -0.05) is 11.6 Å². The van der Waals surface area contributed by atoms with Crippen LogP contribution in [0.4, 0.5) is 14.9 Å². The van der Waals surface area contributed by atoms with Crippen LogP contribution in [0, 0.1) is 5.82 Å². The molecule has 1 heterocycles. The fraction of sp³-hybridized carbons (Fsp3) is 0.429. The first-order valence-electron chi connectivity index (χ1n) is 6.61. The van der Waals surface area contributed by atoms with Crippen LogP contribution in [0.2, 0.25) is 5.02 Å². The first-order valence-corrected chi connectivity index (χ1v) is 6.99. The smallest absolute Gasteiger partial charge is 0.329 e. The number of anilines is 1. The van der Waals surface area contributed by atoms with Gasteiger partial charge in [0.2, 0.25) is 0 Å². The molecule has 21 heavy (non-hydrogen) atoms. The Hall–Kier alpha value is -1.82. The van der Waals surface area contributed by atoms with Gasteiger partial charge in [0.25, 0.3) is 0 Å². The molecule has 1 atom stereocenters. The van der Waals surface area contributed by atoms with E-state index in [1.54, 1.807) is 0 Å². The van der Waals surface area contributed by atoms with Crippen molar-refractivity contribution in [2.24, 2.45) is 0 Å². The van der Waals surface area contributed by atoms with Crippen molar-refractivity contribution in [3.63, 3.8) is 0 Å². The van der Waals surface area contributed by atoms with Crippen molar-refractivity contribution < 1.29 is 19.1 Å². The number of hydrogen-bond acceptors (Lipinski definition) is 2. The van der Waals surface area contributed by atoms with E-state index >= 15 is 0 Å². The topological polar surface area (TPSA) is 69.6 Å². The normalized spacial score (nSPS) is 22.0. The van der Waals surface area contributed by atoms with Gasteiger partial charge in [-0.15, -0.1) is 0 Å². The number of nitrogens with zero attached hydrogens (tertiary/aromatic N) is 1. The molecule has 114 valence electrons. The number of rotatable bonds is 2. The van der Waals surface area contributed by atoms with E-state index in [0.717, 1.165) is 18.9 Å². The Morgan fingerprint density at radius 2 is 2.14 bits per heavy atom. The summed E-state index contributed by atoms with van der Waals surface area (Å²) in [7, 11) is 0. The second-order valence-corrected chi connectivity index (χ2v) is 5.65. The van der Waals surface area contributed by atoms with Gasteiger partial charge in [0, 0.05) is 6.54 Å². The largest absolute Gasteiger partial charge is 0.480 e. The average Bonchev–Trinajstić information content (AvgIpc) is 2.43. The van der Waals surface area contributed by atoms with Crippen molar-refractivity contribution in [3.8, 4) is 0 Å². The summed E-state index contributed by atoms with van der Waals surface area (Å²) in [5.41, 5.74) is -1.14. The Bertz CT molecular complexity index is 581. The van der Waals surface area contributed by atoms with Crippen molar-refractivity contribution in [2.45, 2.75) is 31.7 Å². The predicted molar refractivity (Wildman–Crippen MR) is 77.0 cm³/mol. The van der Waals surface area contributed by atoms with E-state index in [9.17, 15) is 19.1 Å². The van der Waals surface area contributed by atoms with Crippen molar-refractivity contribution in [1.82, 2.24) is 4.90 Å². The van der Waals surface area contributed by atoms with Gasteiger partial charge < -0.3 is 15.3 Å².